The van der Waals surface area contributed by atoms with E-state index in [1.165, 1.54) is 19.2 Å². The number of benzene rings is 1. The van der Waals surface area contributed by atoms with Crippen molar-refractivity contribution in [3.8, 4) is 0 Å². The Morgan fingerprint density at radius 2 is 1.56 bits per heavy atom. The third-order valence-electron chi connectivity index (χ3n) is 5.46. The Hall–Kier alpha value is -1.93. The predicted molar refractivity (Wildman–Crippen MR) is 101 cm³/mol. The molecule has 0 aromatic heterocycles. The van der Waals surface area contributed by atoms with Gasteiger partial charge >= 0.3 is 0 Å². The van der Waals surface area contributed by atoms with Gasteiger partial charge in [0.15, 0.2) is 0 Å². The second-order valence-electron chi connectivity index (χ2n) is 7.26. The molecule has 1 saturated carbocycles. The molecular formula is C19H27N3O4S. The van der Waals surface area contributed by atoms with Crippen molar-refractivity contribution in [1.29, 1.82) is 0 Å². The average Bonchev–Trinajstić information content (AvgIpc) is 3.23. The van der Waals surface area contributed by atoms with Gasteiger partial charge in [-0.1, -0.05) is 31.0 Å². The van der Waals surface area contributed by atoms with Crippen LogP contribution in [0.1, 0.15) is 25.7 Å². The molecule has 0 unspecified atom stereocenters. The molecule has 148 valence electrons. The van der Waals surface area contributed by atoms with Crippen LogP contribution >= 0.6 is 0 Å². The highest BCUT2D eigenvalue weighted by Gasteiger charge is 2.31. The van der Waals surface area contributed by atoms with Gasteiger partial charge in [-0.2, -0.15) is 4.31 Å². The molecule has 0 N–H and O–H groups in total. The highest BCUT2D eigenvalue weighted by Crippen LogP contribution is 2.27. The topological polar surface area (TPSA) is 78.0 Å². The molecule has 3 rings (SSSR count). The van der Waals surface area contributed by atoms with Crippen LogP contribution in [-0.4, -0.2) is 74.1 Å². The normalized spacial score (nSPS) is 18.9. The van der Waals surface area contributed by atoms with Crippen molar-refractivity contribution in [1.82, 2.24) is 14.1 Å². The van der Waals surface area contributed by atoms with Gasteiger partial charge in [-0.15, -0.1) is 0 Å². The van der Waals surface area contributed by atoms with Crippen molar-refractivity contribution in [3.05, 3.63) is 30.3 Å². The summed E-state index contributed by atoms with van der Waals surface area (Å²) in [6.07, 6.45) is 4.19. The van der Waals surface area contributed by atoms with Gasteiger partial charge in [-0.3, -0.25) is 9.59 Å². The summed E-state index contributed by atoms with van der Waals surface area (Å²) < 4.78 is 26.2. The third kappa shape index (κ3) is 4.50. The van der Waals surface area contributed by atoms with Gasteiger partial charge < -0.3 is 9.80 Å². The summed E-state index contributed by atoms with van der Waals surface area (Å²) in [5.41, 5.74) is 0. The largest absolute Gasteiger partial charge is 0.339 e. The SMILES string of the molecule is CN(CC(=O)N1CCN(C(=O)C2CCCC2)CC1)S(=O)(=O)c1ccccc1. The Kier molecular flexibility index (Phi) is 6.16. The highest BCUT2D eigenvalue weighted by molar-refractivity contribution is 7.89. The molecule has 0 spiro atoms. The summed E-state index contributed by atoms with van der Waals surface area (Å²) >= 11 is 0. The van der Waals surface area contributed by atoms with E-state index >= 15 is 0 Å². The van der Waals surface area contributed by atoms with Crippen LogP contribution in [0.4, 0.5) is 0 Å². The van der Waals surface area contributed by atoms with Gasteiger partial charge in [0.1, 0.15) is 0 Å². The van der Waals surface area contributed by atoms with E-state index in [1.807, 2.05) is 4.90 Å². The minimum atomic E-state index is -3.69. The number of likely N-dealkylation sites (N-methyl/N-ethyl adjacent to an activating group) is 1. The predicted octanol–water partition coefficient (Wildman–Crippen LogP) is 1.17. The van der Waals surface area contributed by atoms with Crippen LogP contribution in [-0.2, 0) is 19.6 Å². The number of carbonyl (C=O) groups is 2. The van der Waals surface area contributed by atoms with Gasteiger partial charge in [0.2, 0.25) is 21.8 Å². The summed E-state index contributed by atoms with van der Waals surface area (Å²) in [5.74, 6) is 0.128. The summed E-state index contributed by atoms with van der Waals surface area (Å²) in [6, 6.07) is 8.09. The van der Waals surface area contributed by atoms with E-state index in [1.54, 1.807) is 23.1 Å². The number of sulfonamides is 1. The molecule has 27 heavy (non-hydrogen) atoms. The summed E-state index contributed by atoms with van der Waals surface area (Å²) in [7, 11) is -2.27. The second-order valence-corrected chi connectivity index (χ2v) is 9.31. The number of amides is 2. The van der Waals surface area contributed by atoms with Crippen LogP contribution in [0.25, 0.3) is 0 Å². The zero-order valence-corrected chi connectivity index (χ0v) is 16.5. The lowest BCUT2D eigenvalue weighted by molar-refractivity contribution is -0.142. The van der Waals surface area contributed by atoms with Gasteiger partial charge in [0.05, 0.1) is 11.4 Å². The van der Waals surface area contributed by atoms with Crippen LogP contribution in [0.5, 0.6) is 0 Å². The lowest BCUT2D eigenvalue weighted by Crippen LogP contribution is -2.53. The molecule has 0 bridgehead atoms. The fraction of sp³-hybridized carbons (Fsp3) is 0.579. The van der Waals surface area contributed by atoms with E-state index in [-0.39, 0.29) is 29.2 Å². The molecule has 2 fully saturated rings. The van der Waals surface area contributed by atoms with Gasteiger partial charge in [-0.05, 0) is 25.0 Å². The molecule has 1 saturated heterocycles. The molecule has 1 aliphatic heterocycles. The maximum absolute atomic E-state index is 12.5. The summed E-state index contributed by atoms with van der Waals surface area (Å²) in [4.78, 5) is 28.7. The van der Waals surface area contributed by atoms with E-state index in [9.17, 15) is 18.0 Å². The fourth-order valence-electron chi connectivity index (χ4n) is 3.76. The van der Waals surface area contributed by atoms with Gasteiger partial charge in [-0.25, -0.2) is 8.42 Å². The standard InChI is InChI=1S/C19H27N3O4S/c1-20(27(25,26)17-9-3-2-4-10-17)15-18(23)21-11-13-22(14-12-21)19(24)16-7-5-6-8-16/h2-4,9-10,16H,5-8,11-15H2,1H3. The van der Waals surface area contributed by atoms with Gasteiger partial charge in [0, 0.05) is 39.1 Å². The zero-order chi connectivity index (χ0) is 19.4. The third-order valence-corrected chi connectivity index (χ3v) is 7.28. The Labute approximate surface area is 161 Å². The molecule has 0 atom stereocenters. The number of carbonyl (C=O) groups excluding carboxylic acids is 2. The van der Waals surface area contributed by atoms with E-state index in [0.717, 1.165) is 30.0 Å². The molecule has 0 radical (unpaired) electrons. The van der Waals surface area contributed by atoms with Crippen molar-refractivity contribution < 1.29 is 18.0 Å². The second kappa shape index (κ2) is 8.39. The first-order valence-electron chi connectivity index (χ1n) is 9.47. The Morgan fingerprint density at radius 1 is 1.00 bits per heavy atom. The first-order valence-corrected chi connectivity index (χ1v) is 10.9. The lowest BCUT2D eigenvalue weighted by Gasteiger charge is -2.36. The van der Waals surface area contributed by atoms with Crippen molar-refractivity contribution in [3.63, 3.8) is 0 Å². The van der Waals surface area contributed by atoms with E-state index < -0.39 is 10.0 Å². The quantitative estimate of drug-likeness (QED) is 0.752. The highest BCUT2D eigenvalue weighted by atomic mass is 32.2. The monoisotopic (exact) mass is 393 g/mol. The molecular weight excluding hydrogens is 366 g/mol. The van der Waals surface area contributed by atoms with Crippen LogP contribution in [0.3, 0.4) is 0 Å². The van der Waals surface area contributed by atoms with Gasteiger partial charge in [0.25, 0.3) is 0 Å². The van der Waals surface area contributed by atoms with Crippen LogP contribution in [0.2, 0.25) is 0 Å². The van der Waals surface area contributed by atoms with E-state index in [0.29, 0.717) is 26.2 Å². The number of hydrogen-bond acceptors (Lipinski definition) is 4. The summed E-state index contributed by atoms with van der Waals surface area (Å²) in [6.45, 7) is 1.76. The molecule has 1 aliphatic carbocycles. The molecule has 2 amide bonds. The molecule has 1 heterocycles. The molecule has 1 aromatic rings. The smallest absolute Gasteiger partial charge is 0.243 e. The molecule has 2 aliphatic rings. The van der Waals surface area contributed by atoms with Crippen molar-refractivity contribution in [2.75, 3.05) is 39.8 Å². The Morgan fingerprint density at radius 3 is 2.15 bits per heavy atom. The fourth-order valence-corrected chi connectivity index (χ4v) is 4.90. The van der Waals surface area contributed by atoms with Crippen LogP contribution in [0.15, 0.2) is 35.2 Å². The molecule has 8 heteroatoms. The maximum Gasteiger partial charge on any atom is 0.243 e. The molecule has 7 nitrogen and oxygen atoms in total. The zero-order valence-electron chi connectivity index (χ0n) is 15.7. The Bertz CT molecular complexity index is 767. The van der Waals surface area contributed by atoms with Crippen LogP contribution in [0, 0.1) is 5.92 Å². The lowest BCUT2D eigenvalue weighted by atomic mass is 10.1. The average molecular weight is 394 g/mol. The minimum absolute atomic E-state index is 0.148. The van der Waals surface area contributed by atoms with Crippen molar-refractivity contribution in [2.24, 2.45) is 5.92 Å². The van der Waals surface area contributed by atoms with Crippen molar-refractivity contribution >= 4 is 21.8 Å². The van der Waals surface area contributed by atoms with E-state index in [4.69, 9.17) is 0 Å². The van der Waals surface area contributed by atoms with Crippen LogP contribution < -0.4 is 0 Å². The maximum atomic E-state index is 12.5. The number of nitrogens with zero attached hydrogens (tertiary/aromatic N) is 3. The summed E-state index contributed by atoms with van der Waals surface area (Å²) in [5, 5.41) is 0. The molecule has 1 aromatic carbocycles. The number of hydrogen-bond donors (Lipinski definition) is 0. The minimum Gasteiger partial charge on any atom is -0.339 e. The first kappa shape index (κ1) is 19.8. The van der Waals surface area contributed by atoms with E-state index in [2.05, 4.69) is 0 Å². The number of rotatable bonds is 5. The number of piperazine rings is 1. The first-order chi connectivity index (χ1) is 12.9. The Balaban J connectivity index is 1.53. The van der Waals surface area contributed by atoms with Crippen molar-refractivity contribution in [2.45, 2.75) is 30.6 Å².